The molecule has 2 aromatic rings. The van der Waals surface area contributed by atoms with Crippen molar-refractivity contribution in [3.8, 4) is 5.88 Å². The first-order valence-electron chi connectivity index (χ1n) is 5.95. The zero-order chi connectivity index (χ0) is 13.0. The second-order valence-corrected chi connectivity index (χ2v) is 5.35. The normalized spacial score (nSPS) is 10.8. The standard InChI is InChI=1S/C13H17N3OS/c1-9(2)13-15-11(14)8-12(16-13)17-6-5-10-4-3-7-18-10/h3-4,7-9H,5-6H2,1-2H3,(H2,14,15,16). The van der Waals surface area contributed by atoms with Gasteiger partial charge in [-0.2, -0.15) is 4.98 Å². The van der Waals surface area contributed by atoms with E-state index in [0.29, 0.717) is 18.3 Å². The molecule has 0 atom stereocenters. The molecule has 0 aliphatic heterocycles. The Morgan fingerprint density at radius 3 is 2.89 bits per heavy atom. The van der Waals surface area contributed by atoms with Crippen molar-refractivity contribution < 1.29 is 4.74 Å². The van der Waals surface area contributed by atoms with Crippen LogP contribution >= 0.6 is 11.3 Å². The molecular formula is C13H17N3OS. The number of aromatic nitrogens is 2. The average molecular weight is 263 g/mol. The van der Waals surface area contributed by atoms with Crippen molar-refractivity contribution in [1.29, 1.82) is 0 Å². The van der Waals surface area contributed by atoms with Gasteiger partial charge in [-0.15, -0.1) is 11.3 Å². The van der Waals surface area contributed by atoms with Crippen LogP contribution in [0.2, 0.25) is 0 Å². The molecule has 4 nitrogen and oxygen atoms in total. The largest absolute Gasteiger partial charge is 0.477 e. The third-order valence-electron chi connectivity index (χ3n) is 2.43. The lowest BCUT2D eigenvalue weighted by Crippen LogP contribution is -2.07. The Hall–Kier alpha value is -1.62. The van der Waals surface area contributed by atoms with E-state index in [-0.39, 0.29) is 5.92 Å². The van der Waals surface area contributed by atoms with Gasteiger partial charge in [-0.25, -0.2) is 4.98 Å². The van der Waals surface area contributed by atoms with Crippen LogP contribution in [0.5, 0.6) is 5.88 Å². The van der Waals surface area contributed by atoms with Crippen molar-refractivity contribution in [1.82, 2.24) is 9.97 Å². The van der Waals surface area contributed by atoms with E-state index in [0.717, 1.165) is 12.2 Å². The van der Waals surface area contributed by atoms with Crippen LogP contribution in [0.15, 0.2) is 23.6 Å². The fourth-order valence-corrected chi connectivity index (χ4v) is 2.19. The van der Waals surface area contributed by atoms with Gasteiger partial charge in [-0.05, 0) is 11.4 Å². The first-order chi connectivity index (χ1) is 8.65. The summed E-state index contributed by atoms with van der Waals surface area (Å²) >= 11 is 1.73. The van der Waals surface area contributed by atoms with Crippen molar-refractivity contribution >= 4 is 17.2 Å². The third kappa shape index (κ3) is 3.43. The van der Waals surface area contributed by atoms with Crippen molar-refractivity contribution in [2.24, 2.45) is 0 Å². The maximum Gasteiger partial charge on any atom is 0.218 e. The summed E-state index contributed by atoms with van der Waals surface area (Å²) in [6.45, 7) is 4.67. The number of rotatable bonds is 5. The minimum absolute atomic E-state index is 0.244. The summed E-state index contributed by atoms with van der Waals surface area (Å²) in [5.41, 5.74) is 5.73. The van der Waals surface area contributed by atoms with Gasteiger partial charge in [0.15, 0.2) is 0 Å². The van der Waals surface area contributed by atoms with Crippen LogP contribution in [0.25, 0.3) is 0 Å². The molecular weight excluding hydrogens is 246 g/mol. The Bertz CT molecular complexity index is 497. The molecule has 2 heterocycles. The molecule has 96 valence electrons. The lowest BCUT2D eigenvalue weighted by molar-refractivity contribution is 0.308. The van der Waals surface area contributed by atoms with Crippen LogP contribution in [-0.4, -0.2) is 16.6 Å². The summed E-state index contributed by atoms with van der Waals surface area (Å²) in [6.07, 6.45) is 0.887. The summed E-state index contributed by atoms with van der Waals surface area (Å²) < 4.78 is 5.63. The highest BCUT2D eigenvalue weighted by molar-refractivity contribution is 7.09. The molecule has 0 bridgehead atoms. The lowest BCUT2D eigenvalue weighted by Gasteiger charge is -2.09. The van der Waals surface area contributed by atoms with E-state index in [1.165, 1.54) is 4.88 Å². The maximum atomic E-state index is 5.73. The van der Waals surface area contributed by atoms with Crippen LogP contribution in [0.4, 0.5) is 5.82 Å². The van der Waals surface area contributed by atoms with E-state index in [2.05, 4.69) is 21.4 Å². The van der Waals surface area contributed by atoms with Gasteiger partial charge in [-0.1, -0.05) is 19.9 Å². The van der Waals surface area contributed by atoms with Gasteiger partial charge in [-0.3, -0.25) is 0 Å². The number of nitrogens with zero attached hydrogens (tertiary/aromatic N) is 2. The molecule has 0 radical (unpaired) electrons. The Labute approximate surface area is 111 Å². The Balaban J connectivity index is 1.96. The zero-order valence-corrected chi connectivity index (χ0v) is 11.4. The predicted molar refractivity (Wildman–Crippen MR) is 74.1 cm³/mol. The number of thiophene rings is 1. The number of hydrogen-bond acceptors (Lipinski definition) is 5. The number of anilines is 1. The molecule has 2 aromatic heterocycles. The Morgan fingerprint density at radius 2 is 2.22 bits per heavy atom. The Kier molecular flexibility index (Phi) is 4.15. The van der Waals surface area contributed by atoms with Crippen LogP contribution < -0.4 is 10.5 Å². The lowest BCUT2D eigenvalue weighted by atomic mass is 10.2. The molecule has 0 spiro atoms. The van der Waals surface area contributed by atoms with Crippen LogP contribution in [0.3, 0.4) is 0 Å². The van der Waals surface area contributed by atoms with Crippen molar-refractivity contribution in [2.75, 3.05) is 12.3 Å². The summed E-state index contributed by atoms with van der Waals surface area (Å²) in [5, 5.41) is 2.06. The minimum Gasteiger partial charge on any atom is -0.477 e. The molecule has 0 aromatic carbocycles. The quantitative estimate of drug-likeness (QED) is 0.901. The third-order valence-corrected chi connectivity index (χ3v) is 3.37. The highest BCUT2D eigenvalue weighted by atomic mass is 32.1. The van der Waals surface area contributed by atoms with Gasteiger partial charge in [0.2, 0.25) is 5.88 Å². The smallest absolute Gasteiger partial charge is 0.218 e. The molecule has 0 aliphatic carbocycles. The first kappa shape index (κ1) is 12.8. The monoisotopic (exact) mass is 263 g/mol. The number of ether oxygens (including phenoxy) is 1. The molecule has 5 heteroatoms. The van der Waals surface area contributed by atoms with Gasteiger partial charge in [0, 0.05) is 23.3 Å². The average Bonchev–Trinajstić information content (AvgIpc) is 2.81. The molecule has 0 amide bonds. The highest BCUT2D eigenvalue weighted by Gasteiger charge is 2.07. The topological polar surface area (TPSA) is 61.0 Å². The first-order valence-corrected chi connectivity index (χ1v) is 6.83. The fraction of sp³-hybridized carbons (Fsp3) is 0.385. The molecule has 0 fully saturated rings. The van der Waals surface area contributed by atoms with Crippen LogP contribution in [0, 0.1) is 0 Å². The minimum atomic E-state index is 0.244. The molecule has 0 aliphatic rings. The SMILES string of the molecule is CC(C)c1nc(N)cc(OCCc2cccs2)n1. The molecule has 0 saturated carbocycles. The van der Waals surface area contributed by atoms with Crippen LogP contribution in [-0.2, 0) is 6.42 Å². The molecule has 2 rings (SSSR count). The summed E-state index contributed by atoms with van der Waals surface area (Å²) in [5.74, 6) is 1.98. The molecule has 0 saturated heterocycles. The van der Waals surface area contributed by atoms with E-state index in [9.17, 15) is 0 Å². The zero-order valence-electron chi connectivity index (χ0n) is 10.6. The second-order valence-electron chi connectivity index (χ2n) is 4.32. The second kappa shape index (κ2) is 5.82. The van der Waals surface area contributed by atoms with E-state index in [4.69, 9.17) is 10.5 Å². The van der Waals surface area contributed by atoms with E-state index < -0.39 is 0 Å². The van der Waals surface area contributed by atoms with Gasteiger partial charge < -0.3 is 10.5 Å². The maximum absolute atomic E-state index is 5.73. The summed E-state index contributed by atoms with van der Waals surface area (Å²) in [6, 6.07) is 5.81. The van der Waals surface area contributed by atoms with Crippen molar-refractivity contribution in [3.63, 3.8) is 0 Å². The van der Waals surface area contributed by atoms with Crippen molar-refractivity contribution in [3.05, 3.63) is 34.3 Å². The summed E-state index contributed by atoms with van der Waals surface area (Å²) in [7, 11) is 0. The summed E-state index contributed by atoms with van der Waals surface area (Å²) in [4.78, 5) is 9.83. The van der Waals surface area contributed by atoms with E-state index >= 15 is 0 Å². The van der Waals surface area contributed by atoms with E-state index in [1.807, 2.05) is 19.9 Å². The number of hydrogen-bond donors (Lipinski definition) is 1. The number of nitrogen functional groups attached to an aromatic ring is 1. The molecule has 2 N–H and O–H groups in total. The van der Waals surface area contributed by atoms with Gasteiger partial charge in [0.05, 0.1) is 6.61 Å². The fourth-order valence-electron chi connectivity index (χ4n) is 1.50. The van der Waals surface area contributed by atoms with Gasteiger partial charge in [0.25, 0.3) is 0 Å². The van der Waals surface area contributed by atoms with Crippen LogP contribution in [0.1, 0.15) is 30.5 Å². The van der Waals surface area contributed by atoms with Crippen molar-refractivity contribution in [2.45, 2.75) is 26.2 Å². The highest BCUT2D eigenvalue weighted by Crippen LogP contribution is 2.17. The van der Waals surface area contributed by atoms with Gasteiger partial charge >= 0.3 is 0 Å². The van der Waals surface area contributed by atoms with Gasteiger partial charge in [0.1, 0.15) is 11.6 Å². The molecule has 0 unspecified atom stereocenters. The number of nitrogens with two attached hydrogens (primary N) is 1. The molecule has 18 heavy (non-hydrogen) atoms. The predicted octanol–water partition coefficient (Wildman–Crippen LogP) is 2.87. The van der Waals surface area contributed by atoms with E-state index in [1.54, 1.807) is 17.4 Å². The Morgan fingerprint density at radius 1 is 1.39 bits per heavy atom.